The Morgan fingerprint density at radius 3 is 2.00 bits per heavy atom. The number of hydrogen-bond acceptors (Lipinski definition) is 6. The van der Waals surface area contributed by atoms with Gasteiger partial charge in [0, 0.05) is 50.4 Å². The highest BCUT2D eigenvalue weighted by Gasteiger charge is 2.85. The summed E-state index contributed by atoms with van der Waals surface area (Å²) >= 11 is 0. The van der Waals surface area contributed by atoms with E-state index in [1.165, 1.54) is 32.1 Å². The van der Waals surface area contributed by atoms with Crippen LogP contribution in [-0.2, 0) is 14.2 Å². The molecule has 192 valence electrons. The molecule has 0 aromatic carbocycles. The molecule has 6 rings (SSSR count). The number of allylic oxidation sites excluding steroid dienone is 2. The molecule has 0 aromatic rings. The third-order valence-electron chi connectivity index (χ3n) is 9.88. The van der Waals surface area contributed by atoms with E-state index in [0.29, 0.717) is 5.25 Å². The van der Waals surface area contributed by atoms with Crippen molar-refractivity contribution in [3.63, 3.8) is 0 Å². The predicted molar refractivity (Wildman–Crippen MR) is 140 cm³/mol. The largest absolute Gasteiger partial charge is 0.367 e. The minimum Gasteiger partial charge on any atom is -0.367 e. The number of nitrogens with one attached hydrogen (secondary N) is 1. The van der Waals surface area contributed by atoms with Crippen molar-refractivity contribution in [1.29, 1.82) is 0 Å². The Balaban J connectivity index is 1.78. The lowest BCUT2D eigenvalue weighted by Crippen LogP contribution is -2.82. The zero-order valence-corrected chi connectivity index (χ0v) is 21.6. The molecule has 1 N–H and O–H groups in total. The maximum Gasteiger partial charge on any atom is 0.110 e. The number of rotatable bonds is 6. The average molecular weight is 492 g/mol. The molecule has 6 nitrogen and oxygen atoms in total. The number of ether oxygens (including phenoxy) is 3. The summed E-state index contributed by atoms with van der Waals surface area (Å²) in [6.45, 7) is 5.37. The molecule has 1 aliphatic carbocycles. The first-order valence-electron chi connectivity index (χ1n) is 13.9. The Bertz CT molecular complexity index is 779. The first-order valence-corrected chi connectivity index (χ1v) is 16.5. The van der Waals surface area contributed by atoms with Crippen LogP contribution in [0, 0.1) is 0 Å². The van der Waals surface area contributed by atoms with Gasteiger partial charge in [-0.25, -0.2) is 0 Å². The van der Waals surface area contributed by atoms with Crippen LogP contribution < -0.4 is 5.32 Å². The molecule has 0 spiro atoms. The molecule has 0 radical (unpaired) electrons. The van der Waals surface area contributed by atoms with Gasteiger partial charge >= 0.3 is 0 Å². The molecule has 3 saturated heterocycles. The third-order valence-corrected chi connectivity index (χ3v) is 20.3. The van der Waals surface area contributed by atoms with Gasteiger partial charge in [0.2, 0.25) is 0 Å². The van der Waals surface area contributed by atoms with E-state index >= 15 is 0 Å². The van der Waals surface area contributed by atoms with Crippen LogP contribution in [0.3, 0.4) is 0 Å². The normalized spacial score (nSPS) is 36.7. The Labute approximate surface area is 205 Å². The van der Waals surface area contributed by atoms with E-state index in [-0.39, 0.29) is 16.3 Å². The lowest BCUT2D eigenvalue weighted by molar-refractivity contribution is -0.0280. The second-order valence-corrected chi connectivity index (χ2v) is 17.7. The SMILES string of the molecule is C1=CC(S(C2CCCCO2)(C2CCCO2)(C2CCO2)(N2C=CCCC2)N2C=CCNC2)CCC1. The van der Waals surface area contributed by atoms with Crippen LogP contribution >= 0.6 is 8.67 Å². The van der Waals surface area contributed by atoms with Gasteiger partial charge in [-0.1, -0.05) is 33.0 Å². The summed E-state index contributed by atoms with van der Waals surface area (Å²) in [6.07, 6.45) is 27.5. The van der Waals surface area contributed by atoms with Crippen molar-refractivity contribution >= 4 is 8.67 Å². The fraction of sp³-hybridized carbons (Fsp3) is 0.778. The highest BCUT2D eigenvalue weighted by Crippen LogP contribution is 3.05. The van der Waals surface area contributed by atoms with Gasteiger partial charge in [-0.2, -0.15) is 0 Å². The van der Waals surface area contributed by atoms with Crippen LogP contribution in [0.25, 0.3) is 0 Å². The van der Waals surface area contributed by atoms with Crippen LogP contribution in [0.1, 0.15) is 70.6 Å². The molecule has 3 fully saturated rings. The maximum absolute atomic E-state index is 7.16. The summed E-state index contributed by atoms with van der Waals surface area (Å²) in [6, 6.07) is 0. The molecule has 0 aromatic heterocycles. The van der Waals surface area contributed by atoms with Crippen LogP contribution in [0.15, 0.2) is 36.7 Å². The Kier molecular flexibility index (Phi) is 6.09. The quantitative estimate of drug-likeness (QED) is 0.516. The van der Waals surface area contributed by atoms with E-state index in [4.69, 9.17) is 14.2 Å². The summed E-state index contributed by atoms with van der Waals surface area (Å²) in [5.74, 6) is 0. The summed E-state index contributed by atoms with van der Waals surface area (Å²) in [4.78, 5) is 0. The molecular weight excluding hydrogens is 446 g/mol. The van der Waals surface area contributed by atoms with Crippen molar-refractivity contribution in [2.24, 2.45) is 0 Å². The summed E-state index contributed by atoms with van der Waals surface area (Å²) < 4.78 is 26.8. The van der Waals surface area contributed by atoms with E-state index in [1.807, 2.05) is 0 Å². The van der Waals surface area contributed by atoms with Gasteiger partial charge in [-0.3, -0.25) is 5.32 Å². The molecule has 5 heterocycles. The second kappa shape index (κ2) is 8.84. The zero-order chi connectivity index (χ0) is 23.0. The zero-order valence-electron chi connectivity index (χ0n) is 20.8. The fourth-order valence-electron chi connectivity index (χ4n) is 8.59. The van der Waals surface area contributed by atoms with Gasteiger partial charge in [0.1, 0.15) is 16.3 Å². The average Bonchev–Trinajstić information content (AvgIpc) is 3.45. The van der Waals surface area contributed by atoms with Crippen LogP contribution in [-0.4, -0.2) is 69.7 Å². The van der Waals surface area contributed by atoms with Crippen molar-refractivity contribution in [2.75, 3.05) is 39.6 Å². The first kappa shape index (κ1) is 23.4. The van der Waals surface area contributed by atoms with Gasteiger partial charge in [-0.15, -0.1) is 0 Å². The Morgan fingerprint density at radius 2 is 1.41 bits per heavy atom. The number of nitrogens with zero attached hydrogens (tertiary/aromatic N) is 2. The van der Waals surface area contributed by atoms with E-state index in [9.17, 15) is 0 Å². The first-order chi connectivity index (χ1) is 16.8. The second-order valence-electron chi connectivity index (χ2n) is 11.0. The van der Waals surface area contributed by atoms with E-state index in [2.05, 4.69) is 50.6 Å². The topological polar surface area (TPSA) is 46.2 Å². The lowest BCUT2D eigenvalue weighted by Gasteiger charge is -2.97. The molecule has 6 aliphatic rings. The molecular formula is C27H45N3O3S. The minimum atomic E-state index is -3.73. The van der Waals surface area contributed by atoms with Gasteiger partial charge < -0.3 is 22.8 Å². The van der Waals surface area contributed by atoms with Gasteiger partial charge in [0.05, 0.1) is 13.3 Å². The van der Waals surface area contributed by atoms with Gasteiger partial charge in [-0.05, 0) is 64.2 Å². The minimum absolute atomic E-state index is 0.113. The number of hydrogen-bond donors (Lipinski definition) is 1. The molecule has 0 saturated carbocycles. The smallest absolute Gasteiger partial charge is 0.110 e. The molecule has 0 amide bonds. The predicted octanol–water partition coefficient (Wildman–Crippen LogP) is 5.20. The van der Waals surface area contributed by atoms with Crippen molar-refractivity contribution < 1.29 is 14.2 Å². The Hall–Kier alpha value is -0.990. The van der Waals surface area contributed by atoms with Crippen molar-refractivity contribution in [2.45, 2.75) is 92.2 Å². The van der Waals surface area contributed by atoms with E-state index < -0.39 is 8.67 Å². The third kappa shape index (κ3) is 2.58. The lowest BCUT2D eigenvalue weighted by atomic mass is 10.1. The van der Waals surface area contributed by atoms with E-state index in [1.54, 1.807) is 0 Å². The maximum atomic E-state index is 7.16. The monoisotopic (exact) mass is 491 g/mol. The van der Waals surface area contributed by atoms with Crippen LogP contribution in [0.4, 0.5) is 0 Å². The standard InChI is InChI=1S/C27H45N3O3S/c1-3-11-24(12-4-1)34(27-15-22-33-27,26-14-9-21-32-26,25-13-5-8-20-31-25,29-17-6-2-7-18-29)30-19-10-16-28-23-30/h3,6,10-11,17,19,24-28H,1-2,4-5,7-9,12-16,18,20-23H2. The van der Waals surface area contributed by atoms with Crippen molar-refractivity contribution in [3.05, 3.63) is 36.7 Å². The molecule has 0 bridgehead atoms. The summed E-state index contributed by atoms with van der Waals surface area (Å²) in [5, 5.41) is 4.12. The highest BCUT2D eigenvalue weighted by atomic mass is 32.4. The molecule has 4 atom stereocenters. The van der Waals surface area contributed by atoms with Crippen molar-refractivity contribution in [3.8, 4) is 0 Å². The molecule has 5 aliphatic heterocycles. The van der Waals surface area contributed by atoms with Gasteiger partial charge in [0.25, 0.3) is 0 Å². The Morgan fingerprint density at radius 1 is 0.676 bits per heavy atom. The fourth-order valence-corrected chi connectivity index (χ4v) is 20.4. The van der Waals surface area contributed by atoms with E-state index in [0.717, 1.165) is 78.1 Å². The highest BCUT2D eigenvalue weighted by molar-refractivity contribution is 8.62. The van der Waals surface area contributed by atoms with Crippen molar-refractivity contribution in [1.82, 2.24) is 13.9 Å². The van der Waals surface area contributed by atoms with Crippen LogP contribution in [0.5, 0.6) is 0 Å². The van der Waals surface area contributed by atoms with Crippen LogP contribution in [0.2, 0.25) is 0 Å². The summed E-state index contributed by atoms with van der Waals surface area (Å²) in [5.41, 5.74) is 0.363. The molecule has 34 heavy (non-hydrogen) atoms. The molecule has 4 unspecified atom stereocenters. The molecule has 7 heteroatoms. The van der Waals surface area contributed by atoms with Gasteiger partial charge in [0.15, 0.2) is 0 Å². The summed E-state index contributed by atoms with van der Waals surface area (Å²) in [7, 11) is -3.73.